The van der Waals surface area contributed by atoms with Crippen molar-refractivity contribution in [2.45, 2.75) is 12.3 Å². The van der Waals surface area contributed by atoms with Crippen molar-refractivity contribution in [1.82, 2.24) is 5.32 Å². The number of halogens is 3. The number of cyclic esters (lactones) is 2. The maximum absolute atomic E-state index is 13.5. The lowest BCUT2D eigenvalue weighted by Crippen LogP contribution is -2.35. The molecule has 2 aliphatic heterocycles. The maximum Gasteiger partial charge on any atom is 0.418 e. The highest BCUT2D eigenvalue weighted by atomic mass is 19.4. The highest BCUT2D eigenvalue weighted by Gasteiger charge is 2.40. The topological polar surface area (TPSA) is 105 Å². The second-order valence-electron chi connectivity index (χ2n) is 5.94. The van der Waals surface area contributed by atoms with Gasteiger partial charge in [-0.1, -0.05) is 0 Å². The lowest BCUT2D eigenvalue weighted by Gasteiger charge is -2.22. The van der Waals surface area contributed by atoms with Gasteiger partial charge in [0.2, 0.25) is 6.29 Å². The number of aldehydes is 1. The molecule has 0 saturated carbocycles. The molecule has 1 N–H and O–H groups in total. The molecule has 2 fully saturated rings. The second-order valence-corrected chi connectivity index (χ2v) is 5.94. The third kappa shape index (κ3) is 3.85. The van der Waals surface area contributed by atoms with Gasteiger partial charge in [-0.05, 0) is 18.2 Å². The first-order chi connectivity index (χ1) is 13.2. The highest BCUT2D eigenvalue weighted by molar-refractivity contribution is 6.23. The highest BCUT2D eigenvalue weighted by Crippen LogP contribution is 2.40. The Hall–Kier alpha value is -3.31. The van der Waals surface area contributed by atoms with Gasteiger partial charge in [-0.15, -0.1) is 0 Å². The van der Waals surface area contributed by atoms with E-state index in [1.54, 1.807) is 0 Å². The molecule has 1 aromatic carbocycles. The van der Waals surface area contributed by atoms with Gasteiger partial charge in [0, 0.05) is 5.69 Å². The Bertz CT molecular complexity index is 828. The summed E-state index contributed by atoms with van der Waals surface area (Å²) in [6.07, 6.45) is -7.35. The van der Waals surface area contributed by atoms with E-state index in [0.29, 0.717) is 0 Å². The molecule has 12 heteroatoms. The summed E-state index contributed by atoms with van der Waals surface area (Å²) in [6.45, 7) is -0.333. The number of hydrogen-bond acceptors (Lipinski definition) is 6. The molecule has 0 radical (unpaired) electrons. The molecule has 3 rings (SSSR count). The van der Waals surface area contributed by atoms with E-state index in [-0.39, 0.29) is 43.9 Å². The van der Waals surface area contributed by atoms with Crippen molar-refractivity contribution in [3.8, 4) is 0 Å². The monoisotopic (exact) mass is 401 g/mol. The van der Waals surface area contributed by atoms with E-state index in [1.165, 1.54) is 6.07 Å². The molecular weight excluding hydrogens is 387 g/mol. The smallest absolute Gasteiger partial charge is 0.418 e. The molecule has 1 aromatic rings. The van der Waals surface area contributed by atoms with Gasteiger partial charge in [-0.25, -0.2) is 9.59 Å². The third-order valence-corrected chi connectivity index (χ3v) is 4.13. The van der Waals surface area contributed by atoms with Crippen LogP contribution in [0.25, 0.3) is 0 Å². The van der Waals surface area contributed by atoms with E-state index in [0.717, 1.165) is 21.9 Å². The predicted octanol–water partition coefficient (Wildman–Crippen LogP) is 1.30. The molecule has 150 valence electrons. The summed E-state index contributed by atoms with van der Waals surface area (Å²) < 4.78 is 50.2. The van der Waals surface area contributed by atoms with Crippen molar-refractivity contribution in [3.05, 3.63) is 23.8 Å². The van der Waals surface area contributed by atoms with Crippen LogP contribution in [-0.2, 0) is 25.2 Å². The number of carbonyl (C=O) groups excluding carboxylic acids is 4. The van der Waals surface area contributed by atoms with Crippen LogP contribution in [0.5, 0.6) is 0 Å². The molecule has 0 bridgehead atoms. The fraction of sp³-hybridized carbons (Fsp3) is 0.375. The van der Waals surface area contributed by atoms with Gasteiger partial charge in [-0.3, -0.25) is 19.4 Å². The van der Waals surface area contributed by atoms with E-state index in [2.05, 4.69) is 10.1 Å². The molecule has 2 saturated heterocycles. The fourth-order valence-corrected chi connectivity index (χ4v) is 2.86. The van der Waals surface area contributed by atoms with Crippen LogP contribution >= 0.6 is 0 Å². The van der Waals surface area contributed by atoms with Crippen LogP contribution in [0.2, 0.25) is 0 Å². The van der Waals surface area contributed by atoms with Crippen LogP contribution < -0.4 is 15.1 Å². The van der Waals surface area contributed by atoms with Gasteiger partial charge in [-0.2, -0.15) is 13.2 Å². The maximum atomic E-state index is 13.5. The standard InChI is InChI=1S/C16H14F3N3O6/c17-16(18,19)11-5-9(1-2-12(11)21-3-4-27-14(21)25)22-7-10(28-15(22)26)6-20-13(24)8-23/h1-2,5,8,10H,3-4,6-7H2,(H,20,24)/t10-/m0/s1. The van der Waals surface area contributed by atoms with Crippen LogP contribution in [0.1, 0.15) is 5.56 Å². The van der Waals surface area contributed by atoms with Crippen LogP contribution in [0.3, 0.4) is 0 Å². The first-order valence-corrected chi connectivity index (χ1v) is 8.07. The Balaban J connectivity index is 1.84. The van der Waals surface area contributed by atoms with Gasteiger partial charge < -0.3 is 14.8 Å². The summed E-state index contributed by atoms with van der Waals surface area (Å²) in [5, 5.41) is 2.20. The Labute approximate surface area is 156 Å². The zero-order valence-corrected chi connectivity index (χ0v) is 14.2. The number of benzene rings is 1. The number of carbonyl (C=O) groups is 4. The summed E-state index contributed by atoms with van der Waals surface area (Å²) in [5.74, 6) is -0.907. The zero-order chi connectivity index (χ0) is 20.5. The number of anilines is 2. The van der Waals surface area contributed by atoms with E-state index in [1.807, 2.05) is 0 Å². The lowest BCUT2D eigenvalue weighted by molar-refractivity contribution is -0.137. The van der Waals surface area contributed by atoms with E-state index >= 15 is 0 Å². The number of ether oxygens (including phenoxy) is 2. The summed E-state index contributed by atoms with van der Waals surface area (Å²) in [6, 6.07) is 3.08. The first-order valence-electron chi connectivity index (χ1n) is 8.07. The number of nitrogens with zero attached hydrogens (tertiary/aromatic N) is 2. The molecule has 0 spiro atoms. The molecule has 3 amide bonds. The number of hydrogen-bond donors (Lipinski definition) is 1. The summed E-state index contributed by atoms with van der Waals surface area (Å²) in [4.78, 5) is 46.7. The molecular formula is C16H14F3N3O6. The normalized spacial score (nSPS) is 19.5. The molecule has 2 heterocycles. The molecule has 28 heavy (non-hydrogen) atoms. The Morgan fingerprint density at radius 3 is 2.61 bits per heavy atom. The second kappa shape index (κ2) is 7.37. The largest absolute Gasteiger partial charge is 0.447 e. The SMILES string of the molecule is O=CC(=O)NC[C@H]1CN(c2ccc(N3CCOC3=O)c(C(F)(F)F)c2)C(=O)O1. The third-order valence-electron chi connectivity index (χ3n) is 4.13. The van der Waals surface area contributed by atoms with Crippen LogP contribution in [-0.4, -0.2) is 56.7 Å². The quantitative estimate of drug-likeness (QED) is 0.589. The number of rotatable bonds is 5. The molecule has 9 nitrogen and oxygen atoms in total. The van der Waals surface area contributed by atoms with Gasteiger partial charge in [0.05, 0.1) is 30.9 Å². The van der Waals surface area contributed by atoms with Gasteiger partial charge in [0.15, 0.2) is 0 Å². The van der Waals surface area contributed by atoms with Crippen molar-refractivity contribution < 1.29 is 41.8 Å². The first kappa shape index (κ1) is 19.5. The molecule has 0 unspecified atom stereocenters. The molecule has 1 atom stereocenters. The Morgan fingerprint density at radius 1 is 1.25 bits per heavy atom. The number of alkyl halides is 3. The van der Waals surface area contributed by atoms with Crippen molar-refractivity contribution in [1.29, 1.82) is 0 Å². The van der Waals surface area contributed by atoms with Crippen LogP contribution in [0, 0.1) is 0 Å². The van der Waals surface area contributed by atoms with Crippen molar-refractivity contribution in [2.24, 2.45) is 0 Å². The lowest BCUT2D eigenvalue weighted by atomic mass is 10.1. The summed E-state index contributed by atoms with van der Waals surface area (Å²) >= 11 is 0. The molecule has 0 aliphatic carbocycles. The number of amides is 3. The van der Waals surface area contributed by atoms with Gasteiger partial charge >= 0.3 is 18.4 Å². The summed E-state index contributed by atoms with van der Waals surface area (Å²) in [5.41, 5.74) is -1.56. The zero-order valence-electron chi connectivity index (χ0n) is 14.2. The van der Waals surface area contributed by atoms with E-state index < -0.39 is 35.9 Å². The molecule has 0 aromatic heterocycles. The molecule has 2 aliphatic rings. The minimum absolute atomic E-state index is 0.0223. The van der Waals surface area contributed by atoms with E-state index in [9.17, 15) is 32.3 Å². The average Bonchev–Trinajstić information content (AvgIpc) is 3.23. The van der Waals surface area contributed by atoms with Crippen molar-refractivity contribution >= 4 is 35.8 Å². The summed E-state index contributed by atoms with van der Waals surface area (Å²) in [7, 11) is 0. The van der Waals surface area contributed by atoms with Crippen molar-refractivity contribution in [2.75, 3.05) is 36.0 Å². The Morgan fingerprint density at radius 2 is 2.00 bits per heavy atom. The Kier molecular flexibility index (Phi) is 5.12. The van der Waals surface area contributed by atoms with Crippen LogP contribution in [0.15, 0.2) is 18.2 Å². The van der Waals surface area contributed by atoms with Crippen molar-refractivity contribution in [3.63, 3.8) is 0 Å². The minimum atomic E-state index is -4.78. The fourth-order valence-electron chi connectivity index (χ4n) is 2.86. The van der Waals surface area contributed by atoms with Gasteiger partial charge in [0.1, 0.15) is 12.7 Å². The predicted molar refractivity (Wildman–Crippen MR) is 86.8 cm³/mol. The van der Waals surface area contributed by atoms with Gasteiger partial charge in [0.25, 0.3) is 5.91 Å². The minimum Gasteiger partial charge on any atom is -0.447 e. The average molecular weight is 401 g/mol. The number of nitrogens with one attached hydrogen (secondary N) is 1. The van der Waals surface area contributed by atoms with E-state index in [4.69, 9.17) is 4.74 Å². The van der Waals surface area contributed by atoms with Crippen LogP contribution in [0.4, 0.5) is 34.1 Å².